The molecule has 2 heteroatoms. The Balaban J connectivity index is 2.29. The van der Waals surface area contributed by atoms with Crippen LogP contribution in [-0.4, -0.2) is 18.0 Å². The lowest BCUT2D eigenvalue weighted by atomic mass is 9.87. The molecular formula is C8H10N2. The Kier molecular flexibility index (Phi) is 1.17. The first kappa shape index (κ1) is 5.79. The summed E-state index contributed by atoms with van der Waals surface area (Å²) in [5.74, 6) is 0.593. The van der Waals surface area contributed by atoms with Gasteiger partial charge in [0.25, 0.3) is 0 Å². The monoisotopic (exact) mass is 134 g/mol. The summed E-state index contributed by atoms with van der Waals surface area (Å²) in [7, 11) is 0. The number of rotatable bonds is 0. The summed E-state index contributed by atoms with van der Waals surface area (Å²) in [5, 5.41) is 8.67. The number of piperidine rings is 1. The normalized spacial score (nSPS) is 24.3. The van der Waals surface area contributed by atoms with E-state index in [2.05, 4.69) is 11.0 Å². The molecule has 2 nitrogen and oxygen atoms in total. The fourth-order valence-corrected chi connectivity index (χ4v) is 1.76. The molecule has 1 fully saturated rings. The number of nitriles is 1. The minimum Gasteiger partial charge on any atom is -0.377 e. The molecule has 0 radical (unpaired) electrons. The standard InChI is InChI=1S/C8H10N2/c9-5-8-6-10-3-1-7(8)2-4-10/h6-7H,1-4H2. The first-order valence-corrected chi connectivity index (χ1v) is 3.76. The van der Waals surface area contributed by atoms with Gasteiger partial charge in [0.1, 0.15) is 0 Å². The molecule has 3 aliphatic heterocycles. The van der Waals surface area contributed by atoms with Crippen molar-refractivity contribution in [2.75, 3.05) is 13.1 Å². The van der Waals surface area contributed by atoms with E-state index in [1.54, 1.807) is 0 Å². The Morgan fingerprint density at radius 1 is 1.50 bits per heavy atom. The summed E-state index contributed by atoms with van der Waals surface area (Å²) in [6.07, 6.45) is 4.41. The fourth-order valence-electron chi connectivity index (χ4n) is 1.76. The van der Waals surface area contributed by atoms with Gasteiger partial charge in [0.05, 0.1) is 6.07 Å². The molecule has 0 aromatic carbocycles. The van der Waals surface area contributed by atoms with Gasteiger partial charge in [-0.1, -0.05) is 0 Å². The fraction of sp³-hybridized carbons (Fsp3) is 0.625. The Morgan fingerprint density at radius 3 is 2.50 bits per heavy atom. The summed E-state index contributed by atoms with van der Waals surface area (Å²) in [6.45, 7) is 2.33. The van der Waals surface area contributed by atoms with E-state index in [0.717, 1.165) is 18.7 Å². The molecule has 0 amide bonds. The van der Waals surface area contributed by atoms with Crippen molar-refractivity contribution in [3.63, 3.8) is 0 Å². The lowest BCUT2D eigenvalue weighted by Crippen LogP contribution is -2.35. The molecule has 3 heterocycles. The van der Waals surface area contributed by atoms with Crippen LogP contribution in [0, 0.1) is 17.2 Å². The van der Waals surface area contributed by atoms with E-state index < -0.39 is 0 Å². The maximum absolute atomic E-state index is 8.67. The molecular weight excluding hydrogens is 124 g/mol. The van der Waals surface area contributed by atoms with Crippen LogP contribution in [-0.2, 0) is 0 Å². The second-order valence-corrected chi connectivity index (χ2v) is 3.01. The maximum atomic E-state index is 8.67. The third-order valence-electron chi connectivity index (χ3n) is 2.42. The highest BCUT2D eigenvalue weighted by Crippen LogP contribution is 2.29. The molecule has 0 saturated carbocycles. The molecule has 0 spiro atoms. The van der Waals surface area contributed by atoms with Gasteiger partial charge in [-0.15, -0.1) is 0 Å². The Morgan fingerprint density at radius 2 is 2.20 bits per heavy atom. The smallest absolute Gasteiger partial charge is 0.0965 e. The van der Waals surface area contributed by atoms with Crippen molar-refractivity contribution >= 4 is 0 Å². The molecule has 0 unspecified atom stereocenters. The minimum atomic E-state index is 0.593. The van der Waals surface area contributed by atoms with Gasteiger partial charge in [-0.25, -0.2) is 0 Å². The zero-order chi connectivity index (χ0) is 6.97. The molecule has 0 atom stereocenters. The van der Waals surface area contributed by atoms with Crippen LogP contribution in [0.25, 0.3) is 0 Å². The Labute approximate surface area is 60.7 Å². The van der Waals surface area contributed by atoms with Crippen molar-refractivity contribution in [1.82, 2.24) is 4.90 Å². The summed E-state index contributed by atoms with van der Waals surface area (Å²) >= 11 is 0. The van der Waals surface area contributed by atoms with Crippen molar-refractivity contribution in [3.05, 3.63) is 11.8 Å². The van der Waals surface area contributed by atoms with E-state index in [1.807, 2.05) is 6.20 Å². The van der Waals surface area contributed by atoms with Crippen molar-refractivity contribution in [2.24, 2.45) is 5.92 Å². The van der Waals surface area contributed by atoms with Crippen LogP contribution in [0.3, 0.4) is 0 Å². The van der Waals surface area contributed by atoms with Crippen LogP contribution in [0.2, 0.25) is 0 Å². The second-order valence-electron chi connectivity index (χ2n) is 3.01. The van der Waals surface area contributed by atoms with Crippen LogP contribution in [0.5, 0.6) is 0 Å². The number of fused-ring (bicyclic) bond motifs is 2. The zero-order valence-corrected chi connectivity index (χ0v) is 5.88. The SMILES string of the molecule is N#CC1=CN2CCC1CC2. The molecule has 3 rings (SSSR count). The molecule has 0 N–H and O–H groups in total. The molecule has 3 aliphatic rings. The van der Waals surface area contributed by atoms with Gasteiger partial charge < -0.3 is 4.90 Å². The van der Waals surface area contributed by atoms with Crippen molar-refractivity contribution < 1.29 is 0 Å². The lowest BCUT2D eigenvalue weighted by molar-refractivity contribution is 0.235. The van der Waals surface area contributed by atoms with Crippen molar-refractivity contribution in [1.29, 1.82) is 5.26 Å². The largest absolute Gasteiger partial charge is 0.377 e. The van der Waals surface area contributed by atoms with Crippen molar-refractivity contribution in [2.45, 2.75) is 12.8 Å². The van der Waals surface area contributed by atoms with E-state index in [1.165, 1.54) is 12.8 Å². The van der Waals surface area contributed by atoms with Gasteiger partial charge in [0.15, 0.2) is 0 Å². The number of hydrogen-bond acceptors (Lipinski definition) is 2. The average molecular weight is 134 g/mol. The van der Waals surface area contributed by atoms with Gasteiger partial charge in [-0.05, 0) is 18.8 Å². The zero-order valence-electron chi connectivity index (χ0n) is 5.88. The Bertz CT molecular complexity index is 204. The summed E-state index contributed by atoms with van der Waals surface area (Å²) in [6, 6.07) is 2.25. The summed E-state index contributed by atoms with van der Waals surface area (Å²) in [5.41, 5.74) is 0.998. The molecule has 10 heavy (non-hydrogen) atoms. The van der Waals surface area contributed by atoms with Crippen LogP contribution in [0.15, 0.2) is 11.8 Å². The van der Waals surface area contributed by atoms with Crippen LogP contribution in [0.4, 0.5) is 0 Å². The minimum absolute atomic E-state index is 0.593. The average Bonchev–Trinajstić information content (AvgIpc) is 2.06. The Hall–Kier alpha value is -0.970. The van der Waals surface area contributed by atoms with E-state index in [9.17, 15) is 0 Å². The van der Waals surface area contributed by atoms with E-state index in [-0.39, 0.29) is 0 Å². The summed E-state index contributed by atoms with van der Waals surface area (Å²) in [4.78, 5) is 2.25. The first-order valence-electron chi connectivity index (χ1n) is 3.76. The van der Waals surface area contributed by atoms with E-state index >= 15 is 0 Å². The van der Waals surface area contributed by atoms with Gasteiger partial charge >= 0.3 is 0 Å². The topological polar surface area (TPSA) is 27.0 Å². The van der Waals surface area contributed by atoms with Gasteiger partial charge in [0, 0.05) is 24.9 Å². The third kappa shape index (κ3) is 0.706. The van der Waals surface area contributed by atoms with Crippen LogP contribution >= 0.6 is 0 Å². The summed E-state index contributed by atoms with van der Waals surface area (Å²) < 4.78 is 0. The third-order valence-corrected chi connectivity index (χ3v) is 2.42. The maximum Gasteiger partial charge on any atom is 0.0965 e. The highest BCUT2D eigenvalue weighted by atomic mass is 15.1. The van der Waals surface area contributed by atoms with Crippen LogP contribution < -0.4 is 0 Å². The molecule has 52 valence electrons. The molecule has 0 aromatic heterocycles. The number of allylic oxidation sites excluding steroid dienone is 1. The molecule has 1 saturated heterocycles. The van der Waals surface area contributed by atoms with E-state index in [0.29, 0.717) is 5.92 Å². The highest BCUT2D eigenvalue weighted by molar-refractivity contribution is 5.27. The predicted molar refractivity (Wildman–Crippen MR) is 38.0 cm³/mol. The quantitative estimate of drug-likeness (QED) is 0.496. The van der Waals surface area contributed by atoms with Crippen molar-refractivity contribution in [3.8, 4) is 6.07 Å². The first-order chi connectivity index (χ1) is 4.90. The predicted octanol–water partition coefficient (Wildman–Crippen LogP) is 1.12. The number of hydrogen-bond donors (Lipinski definition) is 0. The van der Waals surface area contributed by atoms with E-state index in [4.69, 9.17) is 5.26 Å². The van der Waals surface area contributed by atoms with Gasteiger partial charge in [0.2, 0.25) is 0 Å². The lowest BCUT2D eigenvalue weighted by Gasteiger charge is -2.36. The second kappa shape index (κ2) is 2.02. The van der Waals surface area contributed by atoms with Gasteiger partial charge in [-0.2, -0.15) is 5.26 Å². The van der Waals surface area contributed by atoms with Crippen LogP contribution in [0.1, 0.15) is 12.8 Å². The molecule has 2 bridgehead atoms. The molecule has 0 aliphatic carbocycles. The highest BCUT2D eigenvalue weighted by Gasteiger charge is 2.26. The number of nitrogens with zero attached hydrogens (tertiary/aromatic N) is 2. The molecule has 0 aromatic rings. The van der Waals surface area contributed by atoms with Gasteiger partial charge in [-0.3, -0.25) is 0 Å².